The molecule has 1 fully saturated rings. The molecule has 0 radical (unpaired) electrons. The van der Waals surface area contributed by atoms with Gasteiger partial charge in [-0.1, -0.05) is 29.8 Å². The van der Waals surface area contributed by atoms with Gasteiger partial charge in [0.1, 0.15) is 0 Å². The summed E-state index contributed by atoms with van der Waals surface area (Å²) in [6.45, 7) is 6.67. The average molecular weight is 304 g/mol. The van der Waals surface area contributed by atoms with Crippen molar-refractivity contribution >= 4 is 12.0 Å². The molecule has 2 amide bonds. The van der Waals surface area contributed by atoms with Crippen molar-refractivity contribution in [1.82, 2.24) is 9.80 Å². The minimum absolute atomic E-state index is 0.120. The van der Waals surface area contributed by atoms with Crippen LogP contribution in [0.3, 0.4) is 0 Å². The van der Waals surface area contributed by atoms with Gasteiger partial charge >= 0.3 is 6.09 Å². The van der Waals surface area contributed by atoms with Crippen molar-refractivity contribution in [2.24, 2.45) is 0 Å². The van der Waals surface area contributed by atoms with E-state index in [9.17, 15) is 9.59 Å². The molecule has 0 saturated carbocycles. The smallest absolute Gasteiger partial charge is 0.409 e. The number of ether oxygens (including phenoxy) is 1. The van der Waals surface area contributed by atoms with Crippen molar-refractivity contribution in [3.05, 3.63) is 35.4 Å². The third-order valence-corrected chi connectivity index (χ3v) is 3.85. The maximum atomic E-state index is 12.4. The molecule has 0 atom stereocenters. The van der Waals surface area contributed by atoms with Crippen molar-refractivity contribution in [2.75, 3.05) is 32.8 Å². The lowest BCUT2D eigenvalue weighted by atomic mass is 10.1. The first-order chi connectivity index (χ1) is 10.6. The van der Waals surface area contributed by atoms with E-state index >= 15 is 0 Å². The van der Waals surface area contributed by atoms with Gasteiger partial charge in [-0.3, -0.25) is 4.79 Å². The number of benzene rings is 1. The van der Waals surface area contributed by atoms with E-state index in [1.807, 2.05) is 36.1 Å². The number of carbonyl (C=O) groups is 2. The predicted octanol–water partition coefficient (Wildman–Crippen LogP) is 2.23. The van der Waals surface area contributed by atoms with E-state index in [1.165, 1.54) is 5.56 Å². The SMILES string of the molecule is CCOC(=O)N1CCCN(C(=O)Cc2ccc(C)cc2)CC1. The summed E-state index contributed by atoms with van der Waals surface area (Å²) < 4.78 is 5.02. The van der Waals surface area contributed by atoms with Gasteiger partial charge in [-0.15, -0.1) is 0 Å². The fourth-order valence-electron chi connectivity index (χ4n) is 2.56. The summed E-state index contributed by atoms with van der Waals surface area (Å²) in [6, 6.07) is 8.03. The number of rotatable bonds is 3. The Bertz CT molecular complexity index is 513. The summed E-state index contributed by atoms with van der Waals surface area (Å²) in [5.41, 5.74) is 2.22. The molecule has 1 aliphatic heterocycles. The normalized spacial score (nSPS) is 15.4. The fourth-order valence-corrected chi connectivity index (χ4v) is 2.56. The van der Waals surface area contributed by atoms with Gasteiger partial charge in [0.15, 0.2) is 0 Å². The Hall–Kier alpha value is -2.04. The Morgan fingerprint density at radius 2 is 1.68 bits per heavy atom. The first-order valence-electron chi connectivity index (χ1n) is 7.85. The molecule has 0 bridgehead atoms. The summed E-state index contributed by atoms with van der Waals surface area (Å²) in [7, 11) is 0. The Morgan fingerprint density at radius 1 is 1.05 bits per heavy atom. The zero-order valence-corrected chi connectivity index (χ0v) is 13.4. The molecule has 1 heterocycles. The third-order valence-electron chi connectivity index (χ3n) is 3.85. The van der Waals surface area contributed by atoms with Gasteiger partial charge in [0.25, 0.3) is 0 Å². The van der Waals surface area contributed by atoms with E-state index in [0.717, 1.165) is 12.0 Å². The molecule has 22 heavy (non-hydrogen) atoms. The molecule has 1 aliphatic rings. The minimum atomic E-state index is -0.282. The topological polar surface area (TPSA) is 49.9 Å². The van der Waals surface area contributed by atoms with E-state index in [4.69, 9.17) is 4.74 Å². The predicted molar refractivity (Wildman–Crippen MR) is 84.7 cm³/mol. The van der Waals surface area contributed by atoms with Gasteiger partial charge in [0, 0.05) is 26.2 Å². The number of nitrogens with zero attached hydrogens (tertiary/aromatic N) is 2. The van der Waals surface area contributed by atoms with Crippen LogP contribution in [0, 0.1) is 6.92 Å². The summed E-state index contributed by atoms with van der Waals surface area (Å²) in [4.78, 5) is 27.7. The zero-order valence-electron chi connectivity index (χ0n) is 13.4. The molecule has 120 valence electrons. The largest absolute Gasteiger partial charge is 0.450 e. The quantitative estimate of drug-likeness (QED) is 0.860. The molecular formula is C17H24N2O3. The number of aryl methyl sites for hydroxylation is 1. The summed E-state index contributed by atoms with van der Waals surface area (Å²) >= 11 is 0. The molecule has 0 aliphatic carbocycles. The second-order valence-electron chi connectivity index (χ2n) is 5.58. The highest BCUT2D eigenvalue weighted by Crippen LogP contribution is 2.09. The third kappa shape index (κ3) is 4.48. The second-order valence-corrected chi connectivity index (χ2v) is 5.58. The van der Waals surface area contributed by atoms with Crippen LogP contribution in [0.15, 0.2) is 24.3 Å². The molecule has 2 rings (SSSR count). The zero-order chi connectivity index (χ0) is 15.9. The van der Waals surface area contributed by atoms with Crippen molar-refractivity contribution < 1.29 is 14.3 Å². The van der Waals surface area contributed by atoms with E-state index in [2.05, 4.69) is 0 Å². The van der Waals surface area contributed by atoms with Crippen LogP contribution in [0.2, 0.25) is 0 Å². The van der Waals surface area contributed by atoms with Crippen LogP contribution in [0.25, 0.3) is 0 Å². The van der Waals surface area contributed by atoms with Gasteiger partial charge in [-0.2, -0.15) is 0 Å². The van der Waals surface area contributed by atoms with Crippen molar-refractivity contribution in [1.29, 1.82) is 0 Å². The highest BCUT2D eigenvalue weighted by molar-refractivity contribution is 5.79. The van der Waals surface area contributed by atoms with Gasteiger partial charge in [-0.25, -0.2) is 4.79 Å². The number of hydrogen-bond donors (Lipinski definition) is 0. The maximum Gasteiger partial charge on any atom is 0.409 e. The standard InChI is InChI=1S/C17H24N2O3/c1-3-22-17(21)19-10-4-9-18(11-12-19)16(20)13-15-7-5-14(2)6-8-15/h5-8H,3-4,9-13H2,1-2H3. The first-order valence-corrected chi connectivity index (χ1v) is 7.85. The van der Waals surface area contributed by atoms with Gasteiger partial charge in [0.2, 0.25) is 5.91 Å². The number of hydrogen-bond acceptors (Lipinski definition) is 3. The molecule has 0 unspecified atom stereocenters. The molecule has 0 spiro atoms. The molecule has 0 N–H and O–H groups in total. The lowest BCUT2D eigenvalue weighted by Gasteiger charge is -2.21. The van der Waals surface area contributed by atoms with Crippen LogP contribution < -0.4 is 0 Å². The molecular weight excluding hydrogens is 280 g/mol. The summed E-state index contributed by atoms with van der Waals surface area (Å²) in [5.74, 6) is 0.120. The van der Waals surface area contributed by atoms with Crippen molar-refractivity contribution in [3.63, 3.8) is 0 Å². The lowest BCUT2D eigenvalue weighted by molar-refractivity contribution is -0.130. The van der Waals surface area contributed by atoms with Gasteiger partial charge < -0.3 is 14.5 Å². The number of carbonyl (C=O) groups excluding carboxylic acids is 2. The van der Waals surface area contributed by atoms with Crippen molar-refractivity contribution in [2.45, 2.75) is 26.7 Å². The lowest BCUT2D eigenvalue weighted by Crippen LogP contribution is -2.38. The van der Waals surface area contributed by atoms with Gasteiger partial charge in [0.05, 0.1) is 13.0 Å². The molecule has 5 heteroatoms. The Labute approximate surface area is 131 Å². The Kier molecular flexibility index (Phi) is 5.81. The highest BCUT2D eigenvalue weighted by Gasteiger charge is 2.22. The maximum absolute atomic E-state index is 12.4. The van der Waals surface area contributed by atoms with E-state index in [-0.39, 0.29) is 12.0 Å². The fraction of sp³-hybridized carbons (Fsp3) is 0.529. The second kappa shape index (κ2) is 7.82. The monoisotopic (exact) mass is 304 g/mol. The molecule has 5 nitrogen and oxygen atoms in total. The molecule has 1 aromatic carbocycles. The first kappa shape index (κ1) is 16.3. The van der Waals surface area contributed by atoms with E-state index in [1.54, 1.807) is 11.8 Å². The summed E-state index contributed by atoms with van der Waals surface area (Å²) in [5, 5.41) is 0. The molecule has 0 aromatic heterocycles. The van der Waals surface area contributed by atoms with Crippen LogP contribution in [0.4, 0.5) is 4.79 Å². The van der Waals surface area contributed by atoms with Crippen LogP contribution in [-0.4, -0.2) is 54.6 Å². The van der Waals surface area contributed by atoms with E-state index < -0.39 is 0 Å². The molecule has 1 saturated heterocycles. The van der Waals surface area contributed by atoms with E-state index in [0.29, 0.717) is 39.2 Å². The van der Waals surface area contributed by atoms with Crippen molar-refractivity contribution in [3.8, 4) is 0 Å². The Morgan fingerprint density at radius 3 is 2.36 bits per heavy atom. The van der Waals surface area contributed by atoms with Crippen LogP contribution in [0.5, 0.6) is 0 Å². The molecule has 1 aromatic rings. The average Bonchev–Trinajstić information content (AvgIpc) is 2.76. The number of amides is 2. The Balaban J connectivity index is 1.88. The van der Waals surface area contributed by atoms with Crippen LogP contribution in [0.1, 0.15) is 24.5 Å². The van der Waals surface area contributed by atoms with Gasteiger partial charge in [-0.05, 0) is 25.8 Å². The summed E-state index contributed by atoms with van der Waals surface area (Å²) in [6.07, 6.45) is 0.924. The van der Waals surface area contributed by atoms with Crippen LogP contribution >= 0.6 is 0 Å². The highest BCUT2D eigenvalue weighted by atomic mass is 16.6. The minimum Gasteiger partial charge on any atom is -0.450 e. The van der Waals surface area contributed by atoms with Crippen LogP contribution in [-0.2, 0) is 16.0 Å².